The van der Waals surface area contributed by atoms with E-state index in [0.29, 0.717) is 17.1 Å². The van der Waals surface area contributed by atoms with Crippen molar-refractivity contribution in [3.05, 3.63) is 52.5 Å². The SMILES string of the molecule is COc1cccc(OC)c1/C=N\NC(=O)CN(C1CCCCC1)S(=O)(=O)c1ccc(Br)cc1. The Kier molecular flexibility index (Phi) is 8.87. The molecule has 1 aliphatic carbocycles. The van der Waals surface area contributed by atoms with Crippen LogP contribution in [0.3, 0.4) is 0 Å². The van der Waals surface area contributed by atoms with Crippen molar-refractivity contribution in [2.24, 2.45) is 5.10 Å². The van der Waals surface area contributed by atoms with Gasteiger partial charge in [0.1, 0.15) is 11.5 Å². The number of carbonyl (C=O) groups excluding carboxylic acids is 1. The number of nitrogens with one attached hydrogen (secondary N) is 1. The van der Waals surface area contributed by atoms with Crippen LogP contribution in [0, 0.1) is 0 Å². The van der Waals surface area contributed by atoms with Crippen molar-refractivity contribution in [3.63, 3.8) is 0 Å². The zero-order chi connectivity index (χ0) is 23.8. The summed E-state index contributed by atoms with van der Waals surface area (Å²) in [7, 11) is -0.796. The second kappa shape index (κ2) is 11.6. The van der Waals surface area contributed by atoms with Crippen molar-refractivity contribution in [1.82, 2.24) is 9.73 Å². The summed E-state index contributed by atoms with van der Waals surface area (Å²) < 4.78 is 39.5. The van der Waals surface area contributed by atoms with Gasteiger partial charge in [-0.3, -0.25) is 4.79 Å². The average Bonchev–Trinajstić information content (AvgIpc) is 2.83. The lowest BCUT2D eigenvalue weighted by Gasteiger charge is -2.32. The van der Waals surface area contributed by atoms with Crippen molar-refractivity contribution < 1.29 is 22.7 Å². The number of ether oxygens (including phenoxy) is 2. The van der Waals surface area contributed by atoms with E-state index in [4.69, 9.17) is 9.47 Å². The van der Waals surface area contributed by atoms with Crippen LogP contribution in [-0.2, 0) is 14.8 Å². The maximum atomic E-state index is 13.4. The molecule has 8 nitrogen and oxygen atoms in total. The highest BCUT2D eigenvalue weighted by molar-refractivity contribution is 9.10. The molecule has 1 fully saturated rings. The summed E-state index contributed by atoms with van der Waals surface area (Å²) in [4.78, 5) is 12.9. The molecule has 0 unspecified atom stereocenters. The fraction of sp³-hybridized carbons (Fsp3) is 0.391. The number of sulfonamides is 1. The van der Waals surface area contributed by atoms with Crippen molar-refractivity contribution in [1.29, 1.82) is 0 Å². The number of rotatable bonds is 9. The first-order chi connectivity index (χ1) is 15.9. The predicted molar refractivity (Wildman–Crippen MR) is 130 cm³/mol. The monoisotopic (exact) mass is 537 g/mol. The summed E-state index contributed by atoms with van der Waals surface area (Å²) in [5.41, 5.74) is 3.01. The van der Waals surface area contributed by atoms with Gasteiger partial charge in [0.25, 0.3) is 5.91 Å². The summed E-state index contributed by atoms with van der Waals surface area (Å²) >= 11 is 3.33. The molecule has 1 aliphatic rings. The number of hydrogen-bond donors (Lipinski definition) is 1. The van der Waals surface area contributed by atoms with Crippen LogP contribution in [0.15, 0.2) is 56.9 Å². The lowest BCUT2D eigenvalue weighted by Crippen LogP contribution is -2.46. The van der Waals surface area contributed by atoms with Crippen LogP contribution in [0.5, 0.6) is 11.5 Å². The van der Waals surface area contributed by atoms with E-state index < -0.39 is 15.9 Å². The van der Waals surface area contributed by atoms with E-state index in [1.165, 1.54) is 24.7 Å². The molecule has 0 aromatic heterocycles. The molecule has 1 N–H and O–H groups in total. The first-order valence-electron chi connectivity index (χ1n) is 10.7. The molecule has 0 saturated heterocycles. The number of benzene rings is 2. The zero-order valence-corrected chi connectivity index (χ0v) is 21.1. The van der Waals surface area contributed by atoms with Crippen molar-refractivity contribution in [3.8, 4) is 11.5 Å². The van der Waals surface area contributed by atoms with E-state index in [-0.39, 0.29) is 17.5 Å². The van der Waals surface area contributed by atoms with Gasteiger partial charge in [0.2, 0.25) is 10.0 Å². The Bertz CT molecular complexity index is 1060. The third-order valence-electron chi connectivity index (χ3n) is 5.55. The number of halogens is 1. The van der Waals surface area contributed by atoms with Gasteiger partial charge in [0, 0.05) is 10.5 Å². The molecule has 178 valence electrons. The highest BCUT2D eigenvalue weighted by atomic mass is 79.9. The topological polar surface area (TPSA) is 97.3 Å². The van der Waals surface area contributed by atoms with E-state index in [2.05, 4.69) is 26.5 Å². The van der Waals surface area contributed by atoms with Gasteiger partial charge in [-0.1, -0.05) is 41.3 Å². The number of methoxy groups -OCH3 is 2. The summed E-state index contributed by atoms with van der Waals surface area (Å²) in [6.07, 6.45) is 5.81. The van der Waals surface area contributed by atoms with Gasteiger partial charge in [-0.05, 0) is 49.2 Å². The second-order valence-corrected chi connectivity index (χ2v) is 10.5. The Balaban J connectivity index is 1.78. The van der Waals surface area contributed by atoms with Crippen LogP contribution in [0.4, 0.5) is 0 Å². The molecule has 3 rings (SSSR count). The van der Waals surface area contributed by atoms with Crippen LogP contribution < -0.4 is 14.9 Å². The normalized spacial score (nSPS) is 15.0. The highest BCUT2D eigenvalue weighted by Gasteiger charge is 2.33. The zero-order valence-electron chi connectivity index (χ0n) is 18.7. The molecule has 2 aromatic carbocycles. The van der Waals surface area contributed by atoms with E-state index in [1.807, 2.05) is 0 Å². The fourth-order valence-corrected chi connectivity index (χ4v) is 5.78. The lowest BCUT2D eigenvalue weighted by molar-refractivity contribution is -0.121. The maximum Gasteiger partial charge on any atom is 0.255 e. The standard InChI is InChI=1S/C23H28BrN3O5S/c1-31-21-9-6-10-22(32-2)20(21)15-25-26-23(28)16-27(18-7-4-3-5-8-18)33(29,30)19-13-11-17(24)12-14-19/h6,9-15,18H,3-5,7-8,16H2,1-2H3,(H,26,28)/b25-15-. The third kappa shape index (κ3) is 6.33. The Labute approximate surface area is 203 Å². The Morgan fingerprint density at radius 2 is 1.70 bits per heavy atom. The fourth-order valence-electron chi connectivity index (χ4n) is 3.87. The van der Waals surface area contributed by atoms with Gasteiger partial charge in [-0.2, -0.15) is 9.41 Å². The number of nitrogens with zero attached hydrogens (tertiary/aromatic N) is 2. The Morgan fingerprint density at radius 3 is 2.27 bits per heavy atom. The molecule has 0 heterocycles. The molecule has 33 heavy (non-hydrogen) atoms. The summed E-state index contributed by atoms with van der Waals surface area (Å²) in [5, 5.41) is 4.01. The molecule has 2 aromatic rings. The number of carbonyl (C=O) groups is 1. The highest BCUT2D eigenvalue weighted by Crippen LogP contribution is 2.29. The van der Waals surface area contributed by atoms with Crippen LogP contribution in [0.25, 0.3) is 0 Å². The van der Waals surface area contributed by atoms with Gasteiger partial charge < -0.3 is 9.47 Å². The van der Waals surface area contributed by atoms with Crippen LogP contribution in [-0.4, -0.2) is 51.7 Å². The molecule has 0 aliphatic heterocycles. The van der Waals surface area contributed by atoms with Crippen LogP contribution in [0.2, 0.25) is 0 Å². The quantitative estimate of drug-likeness (QED) is 0.386. The smallest absolute Gasteiger partial charge is 0.255 e. The van der Waals surface area contributed by atoms with E-state index in [0.717, 1.165) is 36.6 Å². The average molecular weight is 538 g/mol. The minimum atomic E-state index is -3.85. The van der Waals surface area contributed by atoms with E-state index in [9.17, 15) is 13.2 Å². The maximum absolute atomic E-state index is 13.4. The molecule has 0 spiro atoms. The number of hydrazone groups is 1. The van der Waals surface area contributed by atoms with Crippen molar-refractivity contribution in [2.45, 2.75) is 43.0 Å². The largest absolute Gasteiger partial charge is 0.496 e. The van der Waals surface area contributed by atoms with Crippen molar-refractivity contribution >= 4 is 38.1 Å². The van der Waals surface area contributed by atoms with Crippen molar-refractivity contribution in [2.75, 3.05) is 20.8 Å². The minimum Gasteiger partial charge on any atom is -0.496 e. The van der Waals surface area contributed by atoms with Gasteiger partial charge in [0.05, 0.1) is 37.4 Å². The molecule has 1 saturated carbocycles. The molecular formula is C23H28BrN3O5S. The summed E-state index contributed by atoms with van der Waals surface area (Å²) in [6, 6.07) is 11.5. The Morgan fingerprint density at radius 1 is 1.09 bits per heavy atom. The van der Waals surface area contributed by atoms with Crippen LogP contribution in [0.1, 0.15) is 37.7 Å². The van der Waals surface area contributed by atoms with E-state index >= 15 is 0 Å². The molecular weight excluding hydrogens is 510 g/mol. The second-order valence-electron chi connectivity index (χ2n) is 7.67. The van der Waals surface area contributed by atoms with Gasteiger partial charge in [0.15, 0.2) is 0 Å². The minimum absolute atomic E-state index is 0.159. The Hall–Kier alpha value is -2.43. The molecule has 10 heteroatoms. The van der Waals surface area contributed by atoms with Gasteiger partial charge in [-0.15, -0.1) is 0 Å². The summed E-state index contributed by atoms with van der Waals surface area (Å²) in [6.45, 7) is -0.316. The van der Waals surface area contributed by atoms with Gasteiger partial charge in [-0.25, -0.2) is 13.8 Å². The third-order valence-corrected chi connectivity index (χ3v) is 7.99. The van der Waals surface area contributed by atoms with Crippen LogP contribution >= 0.6 is 15.9 Å². The predicted octanol–water partition coefficient (Wildman–Crippen LogP) is 3.94. The molecule has 1 amide bonds. The molecule has 0 atom stereocenters. The lowest BCUT2D eigenvalue weighted by atomic mass is 9.95. The number of amides is 1. The number of hydrogen-bond acceptors (Lipinski definition) is 6. The van der Waals surface area contributed by atoms with E-state index in [1.54, 1.807) is 42.5 Å². The van der Waals surface area contributed by atoms with Gasteiger partial charge >= 0.3 is 0 Å². The molecule has 0 radical (unpaired) electrons. The first kappa shape index (κ1) is 25.2. The summed E-state index contributed by atoms with van der Waals surface area (Å²) in [5.74, 6) is 0.550. The first-order valence-corrected chi connectivity index (χ1v) is 12.9. The molecule has 0 bridgehead atoms.